The highest BCUT2D eigenvalue weighted by Gasteiger charge is 2.20. The highest BCUT2D eigenvalue weighted by Crippen LogP contribution is 2.11. The van der Waals surface area contributed by atoms with Crippen molar-refractivity contribution in [1.29, 1.82) is 0 Å². The van der Waals surface area contributed by atoms with Crippen LogP contribution in [0.4, 0.5) is 0 Å². The summed E-state index contributed by atoms with van der Waals surface area (Å²) in [4.78, 5) is 11.5. The van der Waals surface area contributed by atoms with Gasteiger partial charge in [0, 0.05) is 12.0 Å². The van der Waals surface area contributed by atoms with Crippen LogP contribution >= 0.6 is 0 Å². The molecule has 96 valence electrons. The van der Waals surface area contributed by atoms with Crippen LogP contribution in [0.3, 0.4) is 0 Å². The first-order chi connectivity index (χ1) is 7.34. The van der Waals surface area contributed by atoms with Gasteiger partial charge in [0.2, 0.25) is 5.91 Å². The zero-order valence-electron chi connectivity index (χ0n) is 11.1. The molecule has 4 heteroatoms. The van der Waals surface area contributed by atoms with Crippen molar-refractivity contribution in [3.8, 4) is 0 Å². The van der Waals surface area contributed by atoms with Gasteiger partial charge in [0.25, 0.3) is 0 Å². The molecule has 0 saturated heterocycles. The molecule has 0 saturated carbocycles. The molecule has 0 fully saturated rings. The lowest BCUT2D eigenvalue weighted by atomic mass is 9.96. The summed E-state index contributed by atoms with van der Waals surface area (Å²) in [5, 5.41) is 2.82. The van der Waals surface area contributed by atoms with Gasteiger partial charge < -0.3 is 14.8 Å². The van der Waals surface area contributed by atoms with Crippen LogP contribution < -0.4 is 5.32 Å². The molecule has 0 aliphatic carbocycles. The zero-order chi connectivity index (χ0) is 12.6. The molecule has 16 heavy (non-hydrogen) atoms. The van der Waals surface area contributed by atoms with E-state index in [9.17, 15) is 4.79 Å². The Morgan fingerprint density at radius 1 is 1.19 bits per heavy atom. The average Bonchev–Trinajstić information content (AvgIpc) is 2.14. The van der Waals surface area contributed by atoms with Crippen LogP contribution in [0.5, 0.6) is 0 Å². The number of carbonyl (C=O) groups excluding carboxylic acids is 1. The standard InChI is InChI=1S/C12H25NO3/c1-10(2)16-9-8-15-7-6-13-11(14)12(3,4)5/h10H,6-9H2,1-5H3,(H,13,14). The molecule has 0 aromatic heterocycles. The lowest BCUT2D eigenvalue weighted by Gasteiger charge is -2.17. The first-order valence-corrected chi connectivity index (χ1v) is 5.81. The van der Waals surface area contributed by atoms with Gasteiger partial charge in [-0.1, -0.05) is 20.8 Å². The molecule has 0 aliphatic rings. The topological polar surface area (TPSA) is 47.6 Å². The van der Waals surface area contributed by atoms with Crippen molar-refractivity contribution in [2.45, 2.75) is 40.7 Å². The predicted molar refractivity (Wildman–Crippen MR) is 64.4 cm³/mol. The third-order valence-electron chi connectivity index (χ3n) is 1.89. The van der Waals surface area contributed by atoms with E-state index in [1.165, 1.54) is 0 Å². The lowest BCUT2D eigenvalue weighted by molar-refractivity contribution is -0.128. The van der Waals surface area contributed by atoms with Gasteiger partial charge in [0.1, 0.15) is 0 Å². The van der Waals surface area contributed by atoms with Crippen molar-refractivity contribution < 1.29 is 14.3 Å². The van der Waals surface area contributed by atoms with E-state index in [0.29, 0.717) is 26.4 Å². The van der Waals surface area contributed by atoms with Crippen molar-refractivity contribution in [2.75, 3.05) is 26.4 Å². The van der Waals surface area contributed by atoms with Crippen molar-refractivity contribution in [3.63, 3.8) is 0 Å². The van der Waals surface area contributed by atoms with Crippen LogP contribution in [0.2, 0.25) is 0 Å². The Labute approximate surface area is 98.7 Å². The predicted octanol–water partition coefficient (Wildman–Crippen LogP) is 1.59. The number of rotatable bonds is 7. The molecule has 0 unspecified atom stereocenters. The first kappa shape index (κ1) is 15.4. The van der Waals surface area contributed by atoms with Gasteiger partial charge >= 0.3 is 0 Å². The quantitative estimate of drug-likeness (QED) is 0.677. The minimum absolute atomic E-state index is 0.0505. The van der Waals surface area contributed by atoms with Gasteiger partial charge in [0.05, 0.1) is 25.9 Å². The fraction of sp³-hybridized carbons (Fsp3) is 0.917. The van der Waals surface area contributed by atoms with E-state index in [1.807, 2.05) is 34.6 Å². The molecule has 4 nitrogen and oxygen atoms in total. The van der Waals surface area contributed by atoms with E-state index >= 15 is 0 Å². The van der Waals surface area contributed by atoms with Gasteiger partial charge in [-0.2, -0.15) is 0 Å². The molecule has 1 N–H and O–H groups in total. The average molecular weight is 231 g/mol. The molecular formula is C12H25NO3. The van der Waals surface area contributed by atoms with Crippen LogP contribution in [0.25, 0.3) is 0 Å². The molecule has 0 rings (SSSR count). The number of ether oxygens (including phenoxy) is 2. The van der Waals surface area contributed by atoms with Crippen molar-refractivity contribution in [3.05, 3.63) is 0 Å². The SMILES string of the molecule is CC(C)OCCOCCNC(=O)C(C)(C)C. The molecule has 0 heterocycles. The van der Waals surface area contributed by atoms with Gasteiger partial charge in [-0.25, -0.2) is 0 Å². The van der Waals surface area contributed by atoms with Crippen LogP contribution in [0.15, 0.2) is 0 Å². The third kappa shape index (κ3) is 8.68. The normalized spacial score (nSPS) is 11.9. The summed E-state index contributed by atoms with van der Waals surface area (Å²) < 4.78 is 10.6. The number of nitrogens with one attached hydrogen (secondary N) is 1. The maximum atomic E-state index is 11.5. The van der Waals surface area contributed by atoms with Crippen molar-refractivity contribution >= 4 is 5.91 Å². The number of hydrogen-bond donors (Lipinski definition) is 1. The lowest BCUT2D eigenvalue weighted by Crippen LogP contribution is -2.36. The largest absolute Gasteiger partial charge is 0.377 e. The van der Waals surface area contributed by atoms with Crippen LogP contribution in [-0.4, -0.2) is 38.4 Å². The third-order valence-corrected chi connectivity index (χ3v) is 1.89. The van der Waals surface area contributed by atoms with Gasteiger partial charge in [-0.3, -0.25) is 4.79 Å². The summed E-state index contributed by atoms with van der Waals surface area (Å²) in [6, 6.07) is 0. The Bertz CT molecular complexity index is 197. The smallest absolute Gasteiger partial charge is 0.225 e. The summed E-state index contributed by atoms with van der Waals surface area (Å²) in [7, 11) is 0. The number of amides is 1. The van der Waals surface area contributed by atoms with E-state index in [4.69, 9.17) is 9.47 Å². The fourth-order valence-corrected chi connectivity index (χ4v) is 0.947. The van der Waals surface area contributed by atoms with Gasteiger partial charge in [-0.05, 0) is 13.8 Å². The summed E-state index contributed by atoms with van der Waals surface area (Å²) in [5.41, 5.74) is -0.333. The zero-order valence-corrected chi connectivity index (χ0v) is 11.1. The van der Waals surface area contributed by atoms with E-state index in [-0.39, 0.29) is 17.4 Å². The Kier molecular flexibility index (Phi) is 7.34. The molecule has 0 atom stereocenters. The Balaban J connectivity index is 3.31. The van der Waals surface area contributed by atoms with Crippen LogP contribution in [0.1, 0.15) is 34.6 Å². The molecule has 0 bridgehead atoms. The van der Waals surface area contributed by atoms with Crippen molar-refractivity contribution in [1.82, 2.24) is 5.32 Å². The Morgan fingerprint density at radius 2 is 1.81 bits per heavy atom. The minimum atomic E-state index is -0.333. The molecule has 0 radical (unpaired) electrons. The summed E-state index contributed by atoms with van der Waals surface area (Å²) >= 11 is 0. The molecule has 0 aromatic rings. The maximum absolute atomic E-state index is 11.5. The first-order valence-electron chi connectivity index (χ1n) is 5.81. The van der Waals surface area contributed by atoms with Crippen LogP contribution in [0, 0.1) is 5.41 Å². The molecule has 0 aromatic carbocycles. The second-order valence-corrected chi connectivity index (χ2v) is 5.04. The van der Waals surface area contributed by atoms with Gasteiger partial charge in [-0.15, -0.1) is 0 Å². The Hall–Kier alpha value is -0.610. The highest BCUT2D eigenvalue weighted by molar-refractivity contribution is 5.81. The molecule has 0 spiro atoms. The van der Waals surface area contributed by atoms with E-state index in [1.54, 1.807) is 0 Å². The van der Waals surface area contributed by atoms with Crippen molar-refractivity contribution in [2.24, 2.45) is 5.41 Å². The molecule has 0 aliphatic heterocycles. The summed E-state index contributed by atoms with van der Waals surface area (Å²) in [6.45, 7) is 11.9. The number of hydrogen-bond acceptors (Lipinski definition) is 3. The van der Waals surface area contributed by atoms with E-state index < -0.39 is 0 Å². The number of carbonyl (C=O) groups is 1. The van der Waals surface area contributed by atoms with E-state index in [2.05, 4.69) is 5.32 Å². The van der Waals surface area contributed by atoms with E-state index in [0.717, 1.165) is 0 Å². The second-order valence-electron chi connectivity index (χ2n) is 5.04. The summed E-state index contributed by atoms with van der Waals surface area (Å²) in [5.74, 6) is 0.0505. The minimum Gasteiger partial charge on any atom is -0.377 e. The molecular weight excluding hydrogens is 206 g/mol. The monoisotopic (exact) mass is 231 g/mol. The second kappa shape index (κ2) is 7.63. The van der Waals surface area contributed by atoms with Crippen LogP contribution in [-0.2, 0) is 14.3 Å². The molecule has 1 amide bonds. The highest BCUT2D eigenvalue weighted by atomic mass is 16.5. The van der Waals surface area contributed by atoms with Gasteiger partial charge in [0.15, 0.2) is 0 Å². The summed E-state index contributed by atoms with van der Waals surface area (Å²) in [6.07, 6.45) is 0.240. The maximum Gasteiger partial charge on any atom is 0.225 e. The Morgan fingerprint density at radius 3 is 2.31 bits per heavy atom. The fourth-order valence-electron chi connectivity index (χ4n) is 0.947.